The zero-order chi connectivity index (χ0) is 40.1. The minimum absolute atomic E-state index is 0.00802. The Kier molecular flexibility index (Phi) is 20.5. The van der Waals surface area contributed by atoms with Crippen LogP contribution in [0.4, 0.5) is 4.79 Å². The third-order valence-electron chi connectivity index (χ3n) is 6.74. The summed E-state index contributed by atoms with van der Waals surface area (Å²) >= 11 is 0. The number of hydrogen-bond donors (Lipinski definition) is 6. The van der Waals surface area contributed by atoms with Gasteiger partial charge in [-0.15, -0.1) is 0 Å². The molecule has 15 heteroatoms. The maximum Gasteiger partial charge on any atom is 0.408 e. The molecule has 0 aliphatic rings. The van der Waals surface area contributed by atoms with Crippen molar-refractivity contribution in [1.82, 2.24) is 26.6 Å². The van der Waals surface area contributed by atoms with Gasteiger partial charge in [-0.3, -0.25) is 19.2 Å². The molecule has 7 N–H and O–H groups in total. The average Bonchev–Trinajstić information content (AvgIpc) is 3.05. The summed E-state index contributed by atoms with van der Waals surface area (Å²) < 4.78 is 21.8. The van der Waals surface area contributed by atoms with Crippen molar-refractivity contribution in [3.05, 3.63) is 29.8 Å². The molecular formula is C38H62N6O9. The first-order valence-corrected chi connectivity index (χ1v) is 17.9. The highest BCUT2D eigenvalue weighted by molar-refractivity contribution is 5.94. The van der Waals surface area contributed by atoms with E-state index in [2.05, 4.69) is 38.4 Å². The lowest BCUT2D eigenvalue weighted by atomic mass is 9.95. The van der Waals surface area contributed by atoms with Gasteiger partial charge in [0.2, 0.25) is 17.7 Å². The largest absolute Gasteiger partial charge is 0.489 e. The summed E-state index contributed by atoms with van der Waals surface area (Å²) in [4.78, 5) is 62.1. The molecule has 0 aliphatic carbocycles. The Bertz CT molecular complexity index is 1390. The van der Waals surface area contributed by atoms with Crippen molar-refractivity contribution in [3.8, 4) is 17.6 Å². The van der Waals surface area contributed by atoms with E-state index < -0.39 is 35.3 Å². The Balaban J connectivity index is 2.46. The summed E-state index contributed by atoms with van der Waals surface area (Å²) in [6.45, 7) is 17.8. The van der Waals surface area contributed by atoms with Crippen LogP contribution in [0.3, 0.4) is 0 Å². The first-order chi connectivity index (χ1) is 24.7. The lowest BCUT2D eigenvalue weighted by Crippen LogP contribution is -2.49. The van der Waals surface area contributed by atoms with E-state index in [1.54, 1.807) is 45.0 Å². The number of carbonyl (C=O) groups excluding carboxylic acids is 5. The van der Waals surface area contributed by atoms with Gasteiger partial charge in [-0.2, -0.15) is 0 Å². The van der Waals surface area contributed by atoms with Crippen molar-refractivity contribution in [3.63, 3.8) is 0 Å². The second kappa shape index (κ2) is 23.3. The highest BCUT2D eigenvalue weighted by Gasteiger charge is 2.25. The number of amides is 5. The van der Waals surface area contributed by atoms with Gasteiger partial charge in [-0.05, 0) is 79.0 Å². The molecule has 5 amide bonds. The molecule has 2 atom stereocenters. The van der Waals surface area contributed by atoms with Crippen LogP contribution >= 0.6 is 0 Å². The summed E-state index contributed by atoms with van der Waals surface area (Å²) in [5.41, 5.74) is 4.93. The lowest BCUT2D eigenvalue weighted by Gasteiger charge is -2.23. The summed E-state index contributed by atoms with van der Waals surface area (Å²) in [6, 6.07) is 5.64. The number of alkyl carbamates (subject to hydrolysis) is 1. The van der Waals surface area contributed by atoms with Crippen molar-refractivity contribution in [2.24, 2.45) is 16.6 Å². The van der Waals surface area contributed by atoms with Crippen molar-refractivity contribution in [2.45, 2.75) is 99.4 Å². The van der Waals surface area contributed by atoms with Crippen molar-refractivity contribution in [2.75, 3.05) is 52.6 Å². The van der Waals surface area contributed by atoms with Crippen LogP contribution in [0.1, 0.15) is 91.9 Å². The van der Waals surface area contributed by atoms with E-state index in [4.69, 9.17) is 24.7 Å². The number of nitrogens with two attached hydrogens (primary N) is 1. The fraction of sp³-hybridized carbons (Fsp3) is 0.658. The molecule has 15 nitrogen and oxygen atoms in total. The van der Waals surface area contributed by atoms with Crippen molar-refractivity contribution in [1.29, 1.82) is 0 Å². The molecule has 298 valence electrons. The van der Waals surface area contributed by atoms with Gasteiger partial charge in [0.15, 0.2) is 0 Å². The molecule has 0 saturated heterocycles. The fourth-order valence-electron chi connectivity index (χ4n) is 4.13. The smallest absolute Gasteiger partial charge is 0.408 e. The summed E-state index contributed by atoms with van der Waals surface area (Å²) in [5.74, 6) is 5.19. The summed E-state index contributed by atoms with van der Waals surface area (Å²) in [7, 11) is 0. The molecule has 1 aromatic carbocycles. The minimum Gasteiger partial charge on any atom is -0.489 e. The molecule has 0 spiro atoms. The average molecular weight is 747 g/mol. The Morgan fingerprint density at radius 1 is 0.849 bits per heavy atom. The predicted octanol–water partition coefficient (Wildman–Crippen LogP) is 2.62. The number of carbonyl (C=O) groups is 5. The van der Waals surface area contributed by atoms with Crippen LogP contribution in [0.15, 0.2) is 24.3 Å². The molecular weight excluding hydrogens is 684 g/mol. The molecule has 0 radical (unpaired) electrons. The molecule has 53 heavy (non-hydrogen) atoms. The molecule has 0 aliphatic heterocycles. The molecule has 0 heterocycles. The first kappa shape index (κ1) is 46.6. The molecule has 1 aromatic rings. The number of unbranched alkanes of at least 4 members (excludes halogenated alkanes) is 1. The van der Waals surface area contributed by atoms with Gasteiger partial charge in [0, 0.05) is 36.0 Å². The van der Waals surface area contributed by atoms with Gasteiger partial charge in [0.05, 0.1) is 19.8 Å². The third-order valence-corrected chi connectivity index (χ3v) is 6.74. The number of nitrogens with one attached hydrogen (secondary N) is 5. The van der Waals surface area contributed by atoms with E-state index in [-0.39, 0.29) is 69.2 Å². The molecule has 0 bridgehead atoms. The standard InChI is InChI=1S/C38H62N6O9/c1-36(2,3)17-13-19-40-31(45)26-50-22-23-51-30(39)25-52-28-15-12-14-27(24-28)32(46)41-20-21-42-33(47)29(44-35(49)53-38(7,8)9)16-10-11-18-43-34(48)37(4,5)6/h12,14-15,24,29-30H,10-11,16,18-23,25-26,39H2,1-9H3,(H,40,45)(H,41,46)(H,42,47)(H,43,48)(H,44,49). The summed E-state index contributed by atoms with van der Waals surface area (Å²) in [6.07, 6.45) is 0.0133. The first-order valence-electron chi connectivity index (χ1n) is 17.9. The van der Waals surface area contributed by atoms with Gasteiger partial charge in [-0.25, -0.2) is 4.79 Å². The highest BCUT2D eigenvalue weighted by atomic mass is 16.6. The van der Waals surface area contributed by atoms with E-state index >= 15 is 0 Å². The Morgan fingerprint density at radius 2 is 1.55 bits per heavy atom. The van der Waals surface area contributed by atoms with Crippen LogP contribution in [-0.4, -0.2) is 100 Å². The molecule has 0 saturated carbocycles. The van der Waals surface area contributed by atoms with Crippen molar-refractivity contribution >= 4 is 29.7 Å². The van der Waals surface area contributed by atoms with Crippen LogP contribution in [0.2, 0.25) is 0 Å². The fourth-order valence-corrected chi connectivity index (χ4v) is 4.13. The minimum atomic E-state index is -0.869. The third kappa shape index (κ3) is 23.7. The van der Waals surface area contributed by atoms with Crippen LogP contribution in [-0.2, 0) is 28.6 Å². The van der Waals surface area contributed by atoms with Crippen LogP contribution in [0.5, 0.6) is 5.75 Å². The van der Waals surface area contributed by atoms with Gasteiger partial charge in [0.1, 0.15) is 36.8 Å². The molecule has 0 aromatic heterocycles. The van der Waals surface area contributed by atoms with E-state index in [1.165, 1.54) is 0 Å². The maximum atomic E-state index is 13.0. The SMILES string of the molecule is CC(C)(C)C#CCNC(=O)COCCOC(N)COc1cccc(C(=O)NCCNC(=O)C(CCCCNC(=O)C(C)(C)C)NC(=O)OC(C)(C)C)c1. The second-order valence-corrected chi connectivity index (χ2v) is 15.4. The maximum absolute atomic E-state index is 13.0. The highest BCUT2D eigenvalue weighted by Crippen LogP contribution is 2.15. The number of benzene rings is 1. The normalized spacial score (nSPS) is 12.6. The molecule has 2 unspecified atom stereocenters. The Labute approximate surface area is 314 Å². The van der Waals surface area contributed by atoms with E-state index in [1.807, 2.05) is 41.5 Å². The predicted molar refractivity (Wildman–Crippen MR) is 202 cm³/mol. The molecule has 0 fully saturated rings. The Morgan fingerprint density at radius 3 is 2.21 bits per heavy atom. The molecule has 1 rings (SSSR count). The lowest BCUT2D eigenvalue weighted by molar-refractivity contribution is -0.128. The zero-order valence-electron chi connectivity index (χ0n) is 33.0. The van der Waals surface area contributed by atoms with E-state index in [9.17, 15) is 24.0 Å². The monoisotopic (exact) mass is 746 g/mol. The quantitative estimate of drug-likeness (QED) is 0.0616. The van der Waals surface area contributed by atoms with Crippen LogP contribution in [0, 0.1) is 22.7 Å². The number of hydrogen-bond acceptors (Lipinski definition) is 10. The van der Waals surface area contributed by atoms with E-state index in [0.29, 0.717) is 37.1 Å². The number of rotatable bonds is 21. The van der Waals surface area contributed by atoms with Crippen LogP contribution < -0.4 is 37.1 Å². The van der Waals surface area contributed by atoms with E-state index in [0.717, 1.165) is 0 Å². The number of ether oxygens (including phenoxy) is 4. The van der Waals surface area contributed by atoms with Gasteiger partial charge >= 0.3 is 6.09 Å². The zero-order valence-corrected chi connectivity index (χ0v) is 33.0. The van der Waals surface area contributed by atoms with Gasteiger partial charge in [-0.1, -0.05) is 38.7 Å². The van der Waals surface area contributed by atoms with Gasteiger partial charge < -0.3 is 51.3 Å². The van der Waals surface area contributed by atoms with Crippen LogP contribution in [0.25, 0.3) is 0 Å². The van der Waals surface area contributed by atoms with Crippen molar-refractivity contribution < 1.29 is 42.9 Å². The second-order valence-electron chi connectivity index (χ2n) is 15.4. The summed E-state index contributed by atoms with van der Waals surface area (Å²) in [5, 5.41) is 13.7. The topological polar surface area (TPSA) is 208 Å². The Hall–Kier alpha value is -4.39. The van der Waals surface area contributed by atoms with Gasteiger partial charge in [0.25, 0.3) is 5.91 Å².